The van der Waals surface area contributed by atoms with E-state index in [-0.39, 0.29) is 17.3 Å². The Kier molecular flexibility index (Phi) is 4.91. The molecule has 0 heterocycles. The molecule has 106 valence electrons. The van der Waals surface area contributed by atoms with Gasteiger partial charge < -0.3 is 0 Å². The second kappa shape index (κ2) is 6.47. The summed E-state index contributed by atoms with van der Waals surface area (Å²) >= 11 is 3.25. The highest BCUT2D eigenvalue weighted by atomic mass is 79.9. The fourth-order valence-electron chi connectivity index (χ4n) is 1.72. The van der Waals surface area contributed by atoms with E-state index in [4.69, 9.17) is 0 Å². The molecule has 0 amide bonds. The van der Waals surface area contributed by atoms with Crippen LogP contribution in [0.4, 0.5) is 4.39 Å². The van der Waals surface area contributed by atoms with E-state index in [2.05, 4.69) is 20.7 Å². The molecule has 0 radical (unpaired) electrons. The first-order chi connectivity index (χ1) is 9.47. The van der Waals surface area contributed by atoms with Gasteiger partial charge in [-0.05, 0) is 48.4 Å². The molecule has 3 nitrogen and oxygen atoms in total. The van der Waals surface area contributed by atoms with Gasteiger partial charge in [-0.25, -0.2) is 17.5 Å². The standard InChI is InChI=1S/C14H13BrFNO2S/c15-12-4-6-14(7-5-12)20(18,19)17-9-8-11-2-1-3-13(16)10-11/h1-7,10,17H,8-9H2. The van der Waals surface area contributed by atoms with Crippen LogP contribution in [0.25, 0.3) is 0 Å². The fourth-order valence-corrected chi connectivity index (χ4v) is 3.02. The molecule has 1 N–H and O–H groups in total. The van der Waals surface area contributed by atoms with Crippen LogP contribution in [0, 0.1) is 5.82 Å². The van der Waals surface area contributed by atoms with Gasteiger partial charge in [0.1, 0.15) is 5.82 Å². The highest BCUT2D eigenvalue weighted by Crippen LogP contribution is 2.14. The summed E-state index contributed by atoms with van der Waals surface area (Å²) in [5.74, 6) is -0.321. The van der Waals surface area contributed by atoms with Crippen molar-refractivity contribution in [3.05, 3.63) is 64.4 Å². The number of hydrogen-bond acceptors (Lipinski definition) is 2. The monoisotopic (exact) mass is 357 g/mol. The third-order valence-corrected chi connectivity index (χ3v) is 4.72. The molecule has 6 heteroatoms. The smallest absolute Gasteiger partial charge is 0.211 e. The van der Waals surface area contributed by atoms with Crippen LogP contribution in [0.5, 0.6) is 0 Å². The molecule has 0 aromatic heterocycles. The van der Waals surface area contributed by atoms with E-state index < -0.39 is 10.0 Å². The summed E-state index contributed by atoms with van der Waals surface area (Å²) in [6.07, 6.45) is 0.438. The lowest BCUT2D eigenvalue weighted by Gasteiger charge is -2.07. The summed E-state index contributed by atoms with van der Waals surface area (Å²) in [5.41, 5.74) is 0.753. The van der Waals surface area contributed by atoms with E-state index in [9.17, 15) is 12.8 Å². The fraction of sp³-hybridized carbons (Fsp3) is 0.143. The van der Waals surface area contributed by atoms with Crippen LogP contribution in [0.2, 0.25) is 0 Å². The first kappa shape index (κ1) is 15.2. The van der Waals surface area contributed by atoms with Gasteiger partial charge in [-0.2, -0.15) is 0 Å². The highest BCUT2D eigenvalue weighted by Gasteiger charge is 2.12. The Morgan fingerprint density at radius 3 is 2.45 bits per heavy atom. The summed E-state index contributed by atoms with van der Waals surface area (Å²) < 4.78 is 40.3. The molecule has 0 saturated heterocycles. The summed E-state index contributed by atoms with van der Waals surface area (Å²) in [6, 6.07) is 12.5. The average molecular weight is 358 g/mol. The predicted octanol–water partition coefficient (Wildman–Crippen LogP) is 3.11. The second-order valence-electron chi connectivity index (χ2n) is 4.23. The summed E-state index contributed by atoms with van der Waals surface area (Å²) in [4.78, 5) is 0.208. The Labute approximate surface area is 126 Å². The molecule has 20 heavy (non-hydrogen) atoms. The molecule has 2 aromatic carbocycles. The maximum atomic E-state index is 13.0. The minimum Gasteiger partial charge on any atom is -0.211 e. The maximum Gasteiger partial charge on any atom is 0.240 e. The van der Waals surface area contributed by atoms with Gasteiger partial charge in [-0.3, -0.25) is 0 Å². The molecule has 0 fully saturated rings. The van der Waals surface area contributed by atoms with Crippen LogP contribution in [0.1, 0.15) is 5.56 Å². The summed E-state index contributed by atoms with van der Waals surface area (Å²) in [6.45, 7) is 0.224. The summed E-state index contributed by atoms with van der Waals surface area (Å²) in [7, 11) is -3.52. The van der Waals surface area contributed by atoms with Gasteiger partial charge in [0.2, 0.25) is 10.0 Å². The van der Waals surface area contributed by atoms with Crippen LogP contribution in [0.3, 0.4) is 0 Å². The number of hydrogen-bond donors (Lipinski definition) is 1. The van der Waals surface area contributed by atoms with Gasteiger partial charge >= 0.3 is 0 Å². The maximum absolute atomic E-state index is 13.0. The zero-order valence-electron chi connectivity index (χ0n) is 10.5. The van der Waals surface area contributed by atoms with Crippen molar-refractivity contribution in [2.24, 2.45) is 0 Å². The summed E-state index contributed by atoms with van der Waals surface area (Å²) in [5, 5.41) is 0. The minimum atomic E-state index is -3.52. The van der Waals surface area contributed by atoms with Crippen molar-refractivity contribution in [3.8, 4) is 0 Å². The van der Waals surface area contributed by atoms with E-state index >= 15 is 0 Å². The van der Waals surface area contributed by atoms with E-state index in [1.165, 1.54) is 24.3 Å². The van der Waals surface area contributed by atoms with Crippen LogP contribution in [-0.2, 0) is 16.4 Å². The Morgan fingerprint density at radius 1 is 1.10 bits per heavy atom. The largest absolute Gasteiger partial charge is 0.240 e. The minimum absolute atomic E-state index is 0.208. The van der Waals surface area contributed by atoms with E-state index in [0.717, 1.165) is 10.0 Å². The van der Waals surface area contributed by atoms with Crippen LogP contribution < -0.4 is 4.72 Å². The van der Waals surface area contributed by atoms with Crippen molar-refractivity contribution in [2.45, 2.75) is 11.3 Å². The van der Waals surface area contributed by atoms with Crippen LogP contribution in [0.15, 0.2) is 57.9 Å². The first-order valence-electron chi connectivity index (χ1n) is 5.97. The molecular weight excluding hydrogens is 345 g/mol. The molecule has 2 aromatic rings. The molecule has 0 aliphatic heterocycles. The zero-order chi connectivity index (χ0) is 14.6. The van der Waals surface area contributed by atoms with Crippen LogP contribution in [-0.4, -0.2) is 15.0 Å². The molecule has 2 rings (SSSR count). The van der Waals surface area contributed by atoms with E-state index in [1.54, 1.807) is 24.3 Å². The van der Waals surface area contributed by atoms with Crippen molar-refractivity contribution in [2.75, 3.05) is 6.54 Å². The van der Waals surface area contributed by atoms with Crippen molar-refractivity contribution in [3.63, 3.8) is 0 Å². The SMILES string of the molecule is O=S(=O)(NCCc1cccc(F)c1)c1ccc(Br)cc1. The molecule has 0 bridgehead atoms. The van der Waals surface area contributed by atoms with E-state index in [0.29, 0.717) is 6.42 Å². The van der Waals surface area contributed by atoms with Gasteiger partial charge in [0, 0.05) is 11.0 Å². The Bertz CT molecular complexity index is 687. The topological polar surface area (TPSA) is 46.2 Å². The van der Waals surface area contributed by atoms with Gasteiger partial charge in [0.25, 0.3) is 0 Å². The normalized spacial score (nSPS) is 11.5. The predicted molar refractivity (Wildman–Crippen MR) is 79.4 cm³/mol. The average Bonchev–Trinajstić information content (AvgIpc) is 2.39. The zero-order valence-corrected chi connectivity index (χ0v) is 12.9. The van der Waals surface area contributed by atoms with Crippen molar-refractivity contribution < 1.29 is 12.8 Å². The third kappa shape index (κ3) is 4.13. The molecular formula is C14H13BrFNO2S. The number of sulfonamides is 1. The van der Waals surface area contributed by atoms with Gasteiger partial charge in [-0.15, -0.1) is 0 Å². The number of benzene rings is 2. The quantitative estimate of drug-likeness (QED) is 0.893. The molecule has 0 saturated carbocycles. The van der Waals surface area contributed by atoms with Gasteiger partial charge in [0.05, 0.1) is 4.90 Å². The van der Waals surface area contributed by atoms with Gasteiger partial charge in [0.15, 0.2) is 0 Å². The van der Waals surface area contributed by atoms with Crippen molar-refractivity contribution in [1.82, 2.24) is 4.72 Å². The van der Waals surface area contributed by atoms with E-state index in [1.807, 2.05) is 0 Å². The molecule has 0 spiro atoms. The lowest BCUT2D eigenvalue weighted by Crippen LogP contribution is -2.25. The number of halogens is 2. The second-order valence-corrected chi connectivity index (χ2v) is 6.91. The Hall–Kier alpha value is -1.24. The molecule has 0 aliphatic rings. The lowest BCUT2D eigenvalue weighted by atomic mass is 10.1. The van der Waals surface area contributed by atoms with Gasteiger partial charge in [-0.1, -0.05) is 28.1 Å². The highest BCUT2D eigenvalue weighted by molar-refractivity contribution is 9.10. The third-order valence-electron chi connectivity index (χ3n) is 2.72. The molecule has 0 aliphatic carbocycles. The Balaban J connectivity index is 1.98. The lowest BCUT2D eigenvalue weighted by molar-refractivity contribution is 0.581. The molecule has 0 atom stereocenters. The Morgan fingerprint density at radius 2 is 1.80 bits per heavy atom. The van der Waals surface area contributed by atoms with Crippen molar-refractivity contribution >= 4 is 26.0 Å². The number of rotatable bonds is 5. The van der Waals surface area contributed by atoms with Crippen molar-refractivity contribution in [1.29, 1.82) is 0 Å². The first-order valence-corrected chi connectivity index (χ1v) is 8.25. The van der Waals surface area contributed by atoms with Crippen LogP contribution >= 0.6 is 15.9 Å². The molecule has 0 unspecified atom stereocenters. The number of nitrogens with one attached hydrogen (secondary N) is 1.